The van der Waals surface area contributed by atoms with Crippen LogP contribution < -0.4 is 5.32 Å². The molecule has 0 aliphatic heterocycles. The lowest BCUT2D eigenvalue weighted by Gasteiger charge is -2.13. The van der Waals surface area contributed by atoms with Crippen LogP contribution in [0.5, 0.6) is 0 Å². The summed E-state index contributed by atoms with van der Waals surface area (Å²) in [5, 5.41) is 17.0. The fraction of sp³-hybridized carbons (Fsp3) is 0.190. The predicted octanol–water partition coefficient (Wildman–Crippen LogP) is 4.16. The molecular weight excluding hydrogens is 445 g/mol. The van der Waals surface area contributed by atoms with Gasteiger partial charge in [-0.05, 0) is 36.8 Å². The number of anilines is 1. The fourth-order valence-corrected chi connectivity index (χ4v) is 2.99. The lowest BCUT2D eigenvalue weighted by atomic mass is 10.1. The van der Waals surface area contributed by atoms with Crippen molar-refractivity contribution in [3.63, 3.8) is 0 Å². The molecule has 1 amide bonds. The molecule has 9 nitrogen and oxygen atoms in total. The first-order chi connectivity index (χ1) is 15.6. The lowest BCUT2D eigenvalue weighted by molar-refractivity contribution is -0.384. The summed E-state index contributed by atoms with van der Waals surface area (Å²) >= 11 is 0. The zero-order valence-electron chi connectivity index (χ0n) is 17.1. The second-order valence-electron chi connectivity index (χ2n) is 6.73. The molecule has 0 unspecified atom stereocenters. The summed E-state index contributed by atoms with van der Waals surface area (Å²) in [7, 11) is 0. The summed E-state index contributed by atoms with van der Waals surface area (Å²) in [6.07, 6.45) is -4.13. The van der Waals surface area contributed by atoms with Crippen LogP contribution in [-0.4, -0.2) is 33.2 Å². The van der Waals surface area contributed by atoms with E-state index < -0.39 is 34.2 Å². The average molecular weight is 462 g/mol. The number of alkyl halides is 3. The summed E-state index contributed by atoms with van der Waals surface area (Å²) in [6.45, 7) is 1.39. The van der Waals surface area contributed by atoms with Crippen LogP contribution in [0.15, 0.2) is 54.7 Å². The molecule has 1 heterocycles. The molecule has 0 saturated heterocycles. The number of rotatable bonds is 7. The minimum atomic E-state index is -4.86. The van der Waals surface area contributed by atoms with E-state index in [1.165, 1.54) is 55.5 Å². The summed E-state index contributed by atoms with van der Waals surface area (Å²) in [6, 6.07) is 10.9. The standard InChI is InChI=1S/C21H17F3N4O5/c1-2-33-20(30)17-12-25-27(19(17)21(22,23)24)15-9-5-14(6-10-15)26-18(29)11-13-3-7-16(8-4-13)28(31)32/h3-10,12H,2,11H2,1H3,(H,26,29). The molecule has 0 radical (unpaired) electrons. The van der Waals surface area contributed by atoms with Crippen molar-refractivity contribution in [2.24, 2.45) is 0 Å². The van der Waals surface area contributed by atoms with Crippen molar-refractivity contribution in [2.75, 3.05) is 11.9 Å². The van der Waals surface area contributed by atoms with E-state index in [1.807, 2.05) is 0 Å². The molecule has 0 saturated carbocycles. The van der Waals surface area contributed by atoms with Crippen molar-refractivity contribution in [3.8, 4) is 5.69 Å². The lowest BCUT2D eigenvalue weighted by Crippen LogP contribution is -2.18. The van der Waals surface area contributed by atoms with Gasteiger partial charge >= 0.3 is 12.1 Å². The number of ether oxygens (including phenoxy) is 1. The number of carbonyl (C=O) groups excluding carboxylic acids is 2. The van der Waals surface area contributed by atoms with Crippen molar-refractivity contribution in [3.05, 3.63) is 81.7 Å². The monoisotopic (exact) mass is 462 g/mol. The molecule has 0 spiro atoms. The van der Waals surface area contributed by atoms with Gasteiger partial charge in [-0.25, -0.2) is 9.48 Å². The Bertz CT molecular complexity index is 1170. The number of hydrogen-bond donors (Lipinski definition) is 1. The first kappa shape index (κ1) is 23.4. The SMILES string of the molecule is CCOC(=O)c1cnn(-c2ccc(NC(=O)Cc3ccc([N+](=O)[O-])cc3)cc2)c1C(F)(F)F. The highest BCUT2D eigenvalue weighted by Crippen LogP contribution is 2.34. The van der Waals surface area contributed by atoms with Crippen LogP contribution in [0.4, 0.5) is 24.5 Å². The van der Waals surface area contributed by atoms with Crippen LogP contribution in [0.2, 0.25) is 0 Å². The van der Waals surface area contributed by atoms with Gasteiger partial charge in [0, 0.05) is 17.8 Å². The van der Waals surface area contributed by atoms with Gasteiger partial charge in [0.25, 0.3) is 5.69 Å². The Balaban J connectivity index is 1.75. The van der Waals surface area contributed by atoms with Gasteiger partial charge < -0.3 is 10.1 Å². The third kappa shape index (κ3) is 5.53. The first-order valence-electron chi connectivity index (χ1n) is 9.56. The highest BCUT2D eigenvalue weighted by atomic mass is 19.4. The van der Waals surface area contributed by atoms with Crippen molar-refractivity contribution >= 4 is 23.3 Å². The van der Waals surface area contributed by atoms with E-state index in [4.69, 9.17) is 0 Å². The maximum Gasteiger partial charge on any atom is 0.434 e. The first-order valence-corrected chi connectivity index (χ1v) is 9.56. The summed E-state index contributed by atoms with van der Waals surface area (Å²) in [4.78, 5) is 34.2. The number of halogens is 3. The number of hydrogen-bond acceptors (Lipinski definition) is 6. The number of nitrogens with zero attached hydrogens (tertiary/aromatic N) is 3. The number of nitrogens with one attached hydrogen (secondary N) is 1. The van der Waals surface area contributed by atoms with E-state index in [0.717, 1.165) is 6.20 Å². The third-order valence-corrected chi connectivity index (χ3v) is 4.44. The molecule has 12 heteroatoms. The van der Waals surface area contributed by atoms with Gasteiger partial charge in [0.15, 0.2) is 5.69 Å². The third-order valence-electron chi connectivity index (χ3n) is 4.44. The molecule has 172 valence electrons. The second kappa shape index (κ2) is 9.51. The quantitative estimate of drug-likeness (QED) is 0.320. The van der Waals surface area contributed by atoms with Gasteiger partial charge in [0.1, 0.15) is 5.56 Å². The summed E-state index contributed by atoms with van der Waals surface area (Å²) in [5.41, 5.74) is -1.19. The molecule has 0 bridgehead atoms. The Labute approximate surface area is 184 Å². The summed E-state index contributed by atoms with van der Waals surface area (Å²) < 4.78 is 46.0. The number of nitro groups is 1. The number of benzene rings is 2. The molecule has 1 aromatic heterocycles. The van der Waals surface area contributed by atoms with Gasteiger partial charge in [-0.2, -0.15) is 18.3 Å². The molecule has 3 aromatic rings. The second-order valence-corrected chi connectivity index (χ2v) is 6.73. The minimum Gasteiger partial charge on any atom is -0.462 e. The maximum absolute atomic E-state index is 13.6. The van der Waals surface area contributed by atoms with Crippen LogP contribution in [-0.2, 0) is 22.1 Å². The topological polar surface area (TPSA) is 116 Å². The van der Waals surface area contributed by atoms with Crippen molar-refractivity contribution < 1.29 is 32.4 Å². The van der Waals surface area contributed by atoms with Crippen molar-refractivity contribution in [1.29, 1.82) is 0 Å². The van der Waals surface area contributed by atoms with Gasteiger partial charge in [0.2, 0.25) is 5.91 Å². The zero-order chi connectivity index (χ0) is 24.2. The molecule has 1 N–H and O–H groups in total. The van der Waals surface area contributed by atoms with Crippen LogP contribution in [0.25, 0.3) is 5.69 Å². The van der Waals surface area contributed by atoms with E-state index >= 15 is 0 Å². The molecule has 2 aromatic carbocycles. The largest absolute Gasteiger partial charge is 0.462 e. The zero-order valence-corrected chi connectivity index (χ0v) is 17.1. The molecule has 3 rings (SSSR count). The van der Waals surface area contributed by atoms with Crippen molar-refractivity contribution in [2.45, 2.75) is 19.5 Å². The van der Waals surface area contributed by atoms with Crippen molar-refractivity contribution in [1.82, 2.24) is 9.78 Å². The molecule has 0 atom stereocenters. The molecule has 0 aliphatic carbocycles. The minimum absolute atomic E-state index is 0.0197. The number of nitro benzene ring substituents is 1. The Morgan fingerprint density at radius 2 is 1.76 bits per heavy atom. The van der Waals surface area contributed by atoms with Gasteiger partial charge in [-0.1, -0.05) is 12.1 Å². The van der Waals surface area contributed by atoms with Crippen LogP contribution >= 0.6 is 0 Å². The highest BCUT2D eigenvalue weighted by Gasteiger charge is 2.41. The van der Waals surface area contributed by atoms with E-state index in [0.29, 0.717) is 15.9 Å². The molecular formula is C21H17F3N4O5. The van der Waals surface area contributed by atoms with Crippen LogP contribution in [0, 0.1) is 10.1 Å². The smallest absolute Gasteiger partial charge is 0.434 e. The number of non-ortho nitro benzene ring substituents is 1. The number of carbonyl (C=O) groups is 2. The Kier molecular flexibility index (Phi) is 6.75. The fourth-order valence-electron chi connectivity index (χ4n) is 2.99. The van der Waals surface area contributed by atoms with Crippen LogP contribution in [0.3, 0.4) is 0 Å². The van der Waals surface area contributed by atoms with Gasteiger partial charge in [-0.15, -0.1) is 0 Å². The van der Waals surface area contributed by atoms with Gasteiger partial charge in [-0.3, -0.25) is 14.9 Å². The van der Waals surface area contributed by atoms with Crippen LogP contribution in [0.1, 0.15) is 28.5 Å². The summed E-state index contributed by atoms with van der Waals surface area (Å²) in [5.74, 6) is -1.55. The van der Waals surface area contributed by atoms with Gasteiger partial charge in [0.05, 0.1) is 29.8 Å². The Morgan fingerprint density at radius 3 is 2.30 bits per heavy atom. The molecule has 0 aliphatic rings. The Morgan fingerprint density at radius 1 is 1.12 bits per heavy atom. The molecule has 33 heavy (non-hydrogen) atoms. The van der Waals surface area contributed by atoms with E-state index in [2.05, 4.69) is 15.2 Å². The maximum atomic E-state index is 13.6. The number of amides is 1. The van der Waals surface area contributed by atoms with E-state index in [1.54, 1.807) is 0 Å². The predicted molar refractivity (Wildman–Crippen MR) is 110 cm³/mol. The van der Waals surface area contributed by atoms with E-state index in [9.17, 15) is 32.9 Å². The Hall–Kier alpha value is -4.22. The highest BCUT2D eigenvalue weighted by molar-refractivity contribution is 5.92. The normalized spacial score (nSPS) is 11.2. The number of esters is 1. The van der Waals surface area contributed by atoms with E-state index in [-0.39, 0.29) is 24.4 Å². The molecule has 0 fully saturated rings. The number of aromatic nitrogens is 2. The average Bonchev–Trinajstić information content (AvgIpc) is 3.21.